The van der Waals surface area contributed by atoms with Gasteiger partial charge in [-0.25, -0.2) is 4.39 Å². The molecule has 0 radical (unpaired) electrons. The van der Waals surface area contributed by atoms with E-state index in [1.165, 1.54) is 0 Å². The lowest BCUT2D eigenvalue weighted by molar-refractivity contribution is 0.170. The molecule has 0 unspecified atom stereocenters. The van der Waals surface area contributed by atoms with Crippen LogP contribution in [-0.2, 0) is 0 Å². The van der Waals surface area contributed by atoms with Gasteiger partial charge in [0.2, 0.25) is 0 Å². The molecule has 0 rings (SSSR count). The molecule has 0 saturated heterocycles. The summed E-state index contributed by atoms with van der Waals surface area (Å²) in [6.07, 6.45) is -0.109. The van der Waals surface area contributed by atoms with Gasteiger partial charge < -0.3 is 0 Å². The van der Waals surface area contributed by atoms with Crippen molar-refractivity contribution in [3.63, 3.8) is 0 Å². The first-order valence-corrected chi connectivity index (χ1v) is 2.20. The molecule has 0 aliphatic carbocycles. The Kier molecular flexibility index (Phi) is 2.35. The lowest BCUT2D eigenvalue weighted by Gasteiger charge is -1.94. The molecule has 42 valence electrons. The van der Waals surface area contributed by atoms with E-state index in [0.717, 1.165) is 0 Å². The molecule has 0 atom stereocenters. The predicted octanol–water partition coefficient (Wildman–Crippen LogP) is 2.46. The fourth-order valence-electron chi connectivity index (χ4n) is 0.0714. The molecule has 0 heterocycles. The number of hydrogen-bond acceptors (Lipinski definition) is 0. The Hall–Kier alpha value is 0.01000. The Balaban J connectivity index is 3.56. The van der Waals surface area contributed by atoms with Crippen LogP contribution in [0.2, 0.25) is 0 Å². The Morgan fingerprint density at radius 3 is 1.86 bits per heavy atom. The van der Waals surface area contributed by atoms with Crippen LogP contribution in [0.4, 0.5) is 13.2 Å². The number of halogens is 4. The molecule has 0 aromatic rings. The van der Waals surface area contributed by atoms with Crippen molar-refractivity contribution in [1.29, 1.82) is 0 Å². The van der Waals surface area contributed by atoms with E-state index in [1.54, 1.807) is 0 Å². The smallest absolute Gasteiger partial charge is 0.216 e. The van der Waals surface area contributed by atoms with Crippen LogP contribution in [0.3, 0.4) is 0 Å². The van der Waals surface area contributed by atoms with E-state index in [0.29, 0.717) is 0 Å². The highest BCUT2D eigenvalue weighted by Crippen LogP contribution is 2.22. The number of allylic oxidation sites excluding steroid dienone is 1. The summed E-state index contributed by atoms with van der Waals surface area (Å²) in [5, 5.41) is 0. The standard InChI is InChI=1S/C3H2BrF3/c4-3(6,7)1-2-5/h1-2H/b2-1+. The van der Waals surface area contributed by atoms with E-state index >= 15 is 0 Å². The van der Waals surface area contributed by atoms with Gasteiger partial charge in [0.15, 0.2) is 0 Å². The molecule has 0 aromatic carbocycles. The molecule has 0 bridgehead atoms. The minimum absolute atomic E-state index is 0.104. The molecule has 0 aromatic heterocycles. The van der Waals surface area contributed by atoms with Crippen molar-refractivity contribution in [2.24, 2.45) is 0 Å². The highest BCUT2D eigenvalue weighted by molar-refractivity contribution is 9.10. The predicted molar refractivity (Wildman–Crippen MR) is 24.1 cm³/mol. The summed E-state index contributed by atoms with van der Waals surface area (Å²) in [5.74, 6) is 0. The Morgan fingerprint density at radius 2 is 1.86 bits per heavy atom. The fraction of sp³-hybridized carbons (Fsp3) is 0.333. The highest BCUT2D eigenvalue weighted by atomic mass is 79.9. The molecule has 0 aliphatic heterocycles. The van der Waals surface area contributed by atoms with E-state index in [2.05, 4.69) is 0 Å². The van der Waals surface area contributed by atoms with Crippen molar-refractivity contribution < 1.29 is 13.2 Å². The van der Waals surface area contributed by atoms with Crippen LogP contribution in [0.15, 0.2) is 12.4 Å². The van der Waals surface area contributed by atoms with E-state index in [1.807, 2.05) is 15.9 Å². The Labute approximate surface area is 47.1 Å². The van der Waals surface area contributed by atoms with E-state index < -0.39 is 4.83 Å². The van der Waals surface area contributed by atoms with Gasteiger partial charge in [-0.1, -0.05) is 0 Å². The lowest BCUT2D eigenvalue weighted by Crippen LogP contribution is -1.95. The molecule has 0 saturated carbocycles. The minimum atomic E-state index is -3.19. The molecule has 0 N–H and O–H groups in total. The molecule has 0 nitrogen and oxygen atoms in total. The molecule has 7 heavy (non-hydrogen) atoms. The molecular formula is C3H2BrF3. The Bertz CT molecular complexity index is 72.7. The fourth-order valence-corrected chi connectivity index (χ4v) is 0.171. The maximum Gasteiger partial charge on any atom is 0.322 e. The summed E-state index contributed by atoms with van der Waals surface area (Å²) in [6.45, 7) is 0. The van der Waals surface area contributed by atoms with Gasteiger partial charge in [-0.3, -0.25) is 0 Å². The second kappa shape index (κ2) is 2.35. The van der Waals surface area contributed by atoms with Gasteiger partial charge in [-0.15, -0.1) is 0 Å². The summed E-state index contributed by atoms with van der Waals surface area (Å²) < 4.78 is 33.4. The van der Waals surface area contributed by atoms with Gasteiger partial charge in [-0.05, 0) is 15.9 Å². The van der Waals surface area contributed by atoms with Crippen LogP contribution in [0, 0.1) is 0 Å². The largest absolute Gasteiger partial charge is 0.322 e. The number of alkyl halides is 3. The number of rotatable bonds is 1. The number of hydrogen-bond donors (Lipinski definition) is 0. The van der Waals surface area contributed by atoms with Crippen molar-refractivity contribution >= 4 is 15.9 Å². The maximum absolute atomic E-state index is 11.3. The lowest BCUT2D eigenvalue weighted by atomic mass is 10.7. The summed E-state index contributed by atoms with van der Waals surface area (Å²) in [5.41, 5.74) is 0. The monoisotopic (exact) mass is 174 g/mol. The third-order valence-electron chi connectivity index (χ3n) is 0.252. The zero-order valence-corrected chi connectivity index (χ0v) is 4.75. The first kappa shape index (κ1) is 7.01. The van der Waals surface area contributed by atoms with Crippen molar-refractivity contribution in [3.05, 3.63) is 12.4 Å². The highest BCUT2D eigenvalue weighted by Gasteiger charge is 2.17. The quantitative estimate of drug-likeness (QED) is 0.537. The van der Waals surface area contributed by atoms with Crippen LogP contribution in [0.1, 0.15) is 0 Å². The topological polar surface area (TPSA) is 0 Å². The normalized spacial score (nSPS) is 13.1. The third-order valence-corrected chi connectivity index (χ3v) is 0.516. The summed E-state index contributed by atoms with van der Waals surface area (Å²) in [6, 6.07) is 0. The second-order valence-electron chi connectivity index (χ2n) is 0.834. The van der Waals surface area contributed by atoms with Gasteiger partial charge in [0.1, 0.15) is 0 Å². The SMILES string of the molecule is F/C=C/C(F)(F)Br. The molecule has 0 fully saturated rings. The van der Waals surface area contributed by atoms with Crippen molar-refractivity contribution in [2.75, 3.05) is 0 Å². The second-order valence-corrected chi connectivity index (χ2v) is 1.89. The van der Waals surface area contributed by atoms with Gasteiger partial charge in [-0.2, -0.15) is 8.78 Å². The van der Waals surface area contributed by atoms with Gasteiger partial charge in [0, 0.05) is 6.08 Å². The van der Waals surface area contributed by atoms with Gasteiger partial charge in [0.25, 0.3) is 0 Å². The summed E-state index contributed by atoms with van der Waals surface area (Å²) >= 11 is 1.88. The van der Waals surface area contributed by atoms with Crippen LogP contribution in [0.5, 0.6) is 0 Å². The zero-order valence-electron chi connectivity index (χ0n) is 3.17. The minimum Gasteiger partial charge on any atom is -0.216 e. The molecule has 0 amide bonds. The van der Waals surface area contributed by atoms with E-state index in [-0.39, 0.29) is 12.4 Å². The van der Waals surface area contributed by atoms with Crippen LogP contribution in [-0.4, -0.2) is 4.83 Å². The Morgan fingerprint density at radius 1 is 1.43 bits per heavy atom. The maximum atomic E-state index is 11.3. The van der Waals surface area contributed by atoms with Crippen molar-refractivity contribution in [2.45, 2.75) is 4.83 Å². The first-order valence-electron chi connectivity index (χ1n) is 1.41. The van der Waals surface area contributed by atoms with Gasteiger partial charge >= 0.3 is 4.83 Å². The first-order chi connectivity index (χ1) is 3.06. The van der Waals surface area contributed by atoms with Crippen LogP contribution < -0.4 is 0 Å². The summed E-state index contributed by atoms with van der Waals surface area (Å²) in [7, 11) is 0. The molecule has 0 aliphatic rings. The van der Waals surface area contributed by atoms with Gasteiger partial charge in [0.05, 0.1) is 6.33 Å². The summed E-state index contributed by atoms with van der Waals surface area (Å²) in [4.78, 5) is -3.19. The third kappa shape index (κ3) is 6.01. The van der Waals surface area contributed by atoms with Crippen molar-refractivity contribution in [3.8, 4) is 0 Å². The molecule has 4 heteroatoms. The average Bonchev–Trinajstić information content (AvgIpc) is 1.30. The van der Waals surface area contributed by atoms with E-state index in [4.69, 9.17) is 0 Å². The van der Waals surface area contributed by atoms with Crippen molar-refractivity contribution in [1.82, 2.24) is 0 Å². The van der Waals surface area contributed by atoms with E-state index in [9.17, 15) is 13.2 Å². The zero-order chi connectivity index (χ0) is 5.91. The van der Waals surface area contributed by atoms with Crippen LogP contribution >= 0.6 is 15.9 Å². The van der Waals surface area contributed by atoms with Crippen LogP contribution in [0.25, 0.3) is 0 Å². The molecule has 0 spiro atoms. The average molecular weight is 175 g/mol. The molecular weight excluding hydrogens is 173 g/mol.